The Labute approximate surface area is 135 Å². The number of piperidine rings is 3. The number of phenolic OH excluding ortho intramolecular Hbond substituents is 1. The van der Waals surface area contributed by atoms with Crippen molar-refractivity contribution in [2.45, 2.75) is 31.8 Å². The second-order valence-corrected chi connectivity index (χ2v) is 7.26. The molecule has 5 atom stereocenters. The molecule has 4 aliphatic rings. The van der Waals surface area contributed by atoms with Crippen LogP contribution in [0.3, 0.4) is 0 Å². The Morgan fingerprint density at radius 1 is 1.39 bits per heavy atom. The monoisotopic (exact) mass is 310 g/mol. The first-order chi connectivity index (χ1) is 11.2. The molecule has 0 aliphatic carbocycles. The van der Waals surface area contributed by atoms with E-state index in [1.54, 1.807) is 6.07 Å². The third kappa shape index (κ3) is 1.68. The first kappa shape index (κ1) is 13.6. The van der Waals surface area contributed by atoms with Crippen molar-refractivity contribution >= 4 is 10.9 Å². The Hall–Kier alpha value is -1.78. The number of hydrogen-bond donors (Lipinski definition) is 3. The van der Waals surface area contributed by atoms with Crippen LogP contribution in [0.15, 0.2) is 29.8 Å². The van der Waals surface area contributed by atoms with Crippen LogP contribution in [0.4, 0.5) is 0 Å². The third-order valence-corrected chi connectivity index (χ3v) is 6.41. The van der Waals surface area contributed by atoms with Gasteiger partial charge in [0.05, 0.1) is 6.04 Å². The molecule has 4 nitrogen and oxygen atoms in total. The van der Waals surface area contributed by atoms with E-state index in [-0.39, 0.29) is 6.61 Å². The number of aromatic nitrogens is 1. The van der Waals surface area contributed by atoms with Gasteiger partial charge >= 0.3 is 0 Å². The van der Waals surface area contributed by atoms with Crippen molar-refractivity contribution in [3.63, 3.8) is 0 Å². The first-order valence-electron chi connectivity index (χ1n) is 8.56. The van der Waals surface area contributed by atoms with Crippen molar-refractivity contribution in [2.24, 2.45) is 11.8 Å². The van der Waals surface area contributed by atoms with Gasteiger partial charge in [-0.1, -0.05) is 11.6 Å². The number of allylic oxidation sites excluding steroid dienone is 1. The van der Waals surface area contributed by atoms with E-state index in [9.17, 15) is 10.2 Å². The van der Waals surface area contributed by atoms with Crippen molar-refractivity contribution in [1.82, 2.24) is 9.88 Å². The highest BCUT2D eigenvalue weighted by Gasteiger charge is 2.52. The third-order valence-electron chi connectivity index (χ3n) is 6.41. The lowest BCUT2D eigenvalue weighted by Gasteiger charge is -2.58. The maximum atomic E-state index is 9.99. The number of hydrogen-bond acceptors (Lipinski definition) is 3. The smallest absolute Gasteiger partial charge is 0.116 e. The van der Waals surface area contributed by atoms with Gasteiger partial charge < -0.3 is 15.2 Å². The number of aromatic amines is 1. The molecule has 3 fully saturated rings. The highest BCUT2D eigenvalue weighted by atomic mass is 16.3. The number of aliphatic hydroxyl groups excluding tert-OH is 1. The number of H-pyrrole nitrogens is 1. The number of benzene rings is 1. The topological polar surface area (TPSA) is 59.5 Å². The molecule has 2 aromatic rings. The summed E-state index contributed by atoms with van der Waals surface area (Å²) in [4.78, 5) is 6.21. The van der Waals surface area contributed by atoms with Crippen LogP contribution in [-0.4, -0.2) is 39.3 Å². The van der Waals surface area contributed by atoms with E-state index in [0.717, 1.165) is 30.3 Å². The summed E-state index contributed by atoms with van der Waals surface area (Å²) in [5.74, 6) is 1.17. The van der Waals surface area contributed by atoms with Crippen molar-refractivity contribution in [1.29, 1.82) is 0 Å². The minimum atomic E-state index is 0.263. The normalized spacial score (nSPS) is 36.6. The maximum absolute atomic E-state index is 9.99. The lowest BCUT2D eigenvalue weighted by Crippen LogP contribution is -2.60. The molecule has 120 valence electrons. The van der Waals surface area contributed by atoms with Gasteiger partial charge in [0.25, 0.3) is 0 Å². The molecule has 3 N–H and O–H groups in total. The molecule has 4 heteroatoms. The summed E-state index contributed by atoms with van der Waals surface area (Å²) >= 11 is 0. The quantitative estimate of drug-likeness (QED) is 0.710. The first-order valence-corrected chi connectivity index (χ1v) is 8.56. The molecule has 6 rings (SSSR count). The van der Waals surface area contributed by atoms with Gasteiger partial charge in [0.1, 0.15) is 5.75 Å². The molecule has 4 aliphatic heterocycles. The minimum Gasteiger partial charge on any atom is -0.508 e. The SMILES string of the molecule is CC=C1CN2C3CC1C(CO)C2Cc1c3[nH]c2ccc(O)cc12. The molecule has 0 radical (unpaired) electrons. The molecule has 0 saturated carbocycles. The molecular weight excluding hydrogens is 288 g/mol. The highest BCUT2D eigenvalue weighted by Crippen LogP contribution is 2.54. The molecule has 3 saturated heterocycles. The Morgan fingerprint density at radius 2 is 2.26 bits per heavy atom. The largest absolute Gasteiger partial charge is 0.508 e. The zero-order chi connectivity index (χ0) is 15.7. The average Bonchev–Trinajstić information content (AvgIpc) is 2.92. The van der Waals surface area contributed by atoms with Crippen LogP contribution < -0.4 is 0 Å². The summed E-state index contributed by atoms with van der Waals surface area (Å²) in [5.41, 5.74) is 5.29. The van der Waals surface area contributed by atoms with Gasteiger partial charge in [-0.25, -0.2) is 0 Å². The number of nitrogens with zero attached hydrogens (tertiary/aromatic N) is 1. The average molecular weight is 310 g/mol. The van der Waals surface area contributed by atoms with E-state index in [1.165, 1.54) is 16.8 Å². The van der Waals surface area contributed by atoms with Gasteiger partial charge in [-0.3, -0.25) is 4.90 Å². The number of rotatable bonds is 1. The molecule has 5 heterocycles. The van der Waals surface area contributed by atoms with Crippen LogP contribution in [0.2, 0.25) is 0 Å². The Kier molecular flexibility index (Phi) is 2.74. The van der Waals surface area contributed by atoms with E-state index in [2.05, 4.69) is 22.9 Å². The van der Waals surface area contributed by atoms with Crippen molar-refractivity contribution in [3.05, 3.63) is 41.1 Å². The van der Waals surface area contributed by atoms with E-state index in [1.807, 2.05) is 12.1 Å². The fourth-order valence-corrected chi connectivity index (χ4v) is 5.35. The van der Waals surface area contributed by atoms with Crippen molar-refractivity contribution in [3.8, 4) is 5.75 Å². The summed E-state index contributed by atoms with van der Waals surface area (Å²) in [5, 5.41) is 21.0. The molecular formula is C19H22N2O2. The molecule has 0 spiro atoms. The maximum Gasteiger partial charge on any atom is 0.116 e. The van der Waals surface area contributed by atoms with Crippen LogP contribution in [0, 0.1) is 11.8 Å². The Balaban J connectivity index is 1.68. The summed E-state index contributed by atoms with van der Waals surface area (Å²) in [6.07, 6.45) is 4.31. The number of fused-ring (bicyclic) bond motifs is 4. The molecule has 5 unspecified atom stereocenters. The Morgan fingerprint density at radius 3 is 3.04 bits per heavy atom. The summed E-state index contributed by atoms with van der Waals surface area (Å²) in [6.45, 7) is 3.42. The van der Waals surface area contributed by atoms with E-state index >= 15 is 0 Å². The highest BCUT2D eigenvalue weighted by molar-refractivity contribution is 5.86. The van der Waals surface area contributed by atoms with Gasteiger partial charge in [0.2, 0.25) is 0 Å². The lowest BCUT2D eigenvalue weighted by molar-refractivity contribution is -0.0503. The van der Waals surface area contributed by atoms with Crippen molar-refractivity contribution in [2.75, 3.05) is 13.2 Å². The van der Waals surface area contributed by atoms with Gasteiger partial charge in [-0.15, -0.1) is 0 Å². The lowest BCUT2D eigenvalue weighted by atomic mass is 9.64. The number of nitrogens with one attached hydrogen (secondary N) is 1. The van der Waals surface area contributed by atoms with E-state index < -0.39 is 0 Å². The molecule has 4 bridgehead atoms. The number of aromatic hydroxyl groups is 1. The molecule has 23 heavy (non-hydrogen) atoms. The van der Waals surface area contributed by atoms with Crippen LogP contribution in [0.1, 0.15) is 30.6 Å². The van der Waals surface area contributed by atoms with E-state index in [0.29, 0.717) is 29.7 Å². The van der Waals surface area contributed by atoms with Gasteiger partial charge in [-0.2, -0.15) is 0 Å². The van der Waals surface area contributed by atoms with Crippen LogP contribution in [0.25, 0.3) is 10.9 Å². The molecule has 0 amide bonds. The minimum absolute atomic E-state index is 0.263. The van der Waals surface area contributed by atoms with E-state index in [4.69, 9.17) is 0 Å². The summed E-state index contributed by atoms with van der Waals surface area (Å²) < 4.78 is 0. The second kappa shape index (κ2) is 4.62. The summed E-state index contributed by atoms with van der Waals surface area (Å²) in [7, 11) is 0. The van der Waals surface area contributed by atoms with Gasteiger partial charge in [0, 0.05) is 41.7 Å². The number of phenols is 1. The molecule has 1 aromatic heterocycles. The van der Waals surface area contributed by atoms with Gasteiger partial charge in [0.15, 0.2) is 0 Å². The zero-order valence-corrected chi connectivity index (χ0v) is 13.3. The van der Waals surface area contributed by atoms with Crippen LogP contribution in [0.5, 0.6) is 5.75 Å². The predicted octanol–water partition coefficient (Wildman–Crippen LogP) is 2.73. The van der Waals surface area contributed by atoms with Gasteiger partial charge in [-0.05, 0) is 49.4 Å². The zero-order valence-electron chi connectivity index (χ0n) is 13.3. The van der Waals surface area contributed by atoms with Crippen LogP contribution in [-0.2, 0) is 6.42 Å². The van der Waals surface area contributed by atoms with Crippen LogP contribution >= 0.6 is 0 Å². The second-order valence-electron chi connectivity index (χ2n) is 7.26. The number of aliphatic hydroxyl groups is 1. The fourth-order valence-electron chi connectivity index (χ4n) is 5.35. The molecule has 1 aromatic carbocycles. The standard InChI is InChI=1S/C19H22N2O2/c1-2-10-8-21-17-7-14-13-5-11(23)3-4-16(13)20-19(14)18(21)6-12(10)15(17)9-22/h2-5,12,15,17-18,20,22-23H,6-9H2,1H3. The fraction of sp³-hybridized carbons (Fsp3) is 0.474. The summed E-state index contributed by atoms with van der Waals surface area (Å²) in [6, 6.07) is 6.44. The predicted molar refractivity (Wildman–Crippen MR) is 89.3 cm³/mol. The Bertz CT molecular complexity index is 822. The van der Waals surface area contributed by atoms with Crippen molar-refractivity contribution < 1.29 is 10.2 Å².